The number of carbonyl (C=O) groups is 1. The van der Waals surface area contributed by atoms with E-state index in [4.69, 9.17) is 5.21 Å². The van der Waals surface area contributed by atoms with Gasteiger partial charge in [0, 0.05) is 11.7 Å². The molecule has 0 aromatic rings. The van der Waals surface area contributed by atoms with Crippen molar-refractivity contribution >= 4 is 15.7 Å². The van der Waals surface area contributed by atoms with Crippen LogP contribution < -0.4 is 5.48 Å². The van der Waals surface area contributed by atoms with Gasteiger partial charge in [0.05, 0.1) is 5.75 Å². The van der Waals surface area contributed by atoms with Crippen LogP contribution in [0.1, 0.15) is 20.3 Å². The molecule has 78 valence electrons. The average Bonchev–Trinajstić information content (AvgIpc) is 1.98. The molecule has 0 bridgehead atoms. The Morgan fingerprint density at radius 2 is 1.92 bits per heavy atom. The summed E-state index contributed by atoms with van der Waals surface area (Å²) in [5.41, 5.74) is 0.644. The lowest BCUT2D eigenvalue weighted by atomic mass is 9.89. The first-order valence-corrected chi connectivity index (χ1v) is 5.87. The quantitative estimate of drug-likeness (QED) is 0.502. The smallest absolute Gasteiger partial charge is 0.249 e. The van der Waals surface area contributed by atoms with Crippen molar-refractivity contribution in [1.29, 1.82) is 0 Å². The van der Waals surface area contributed by atoms with Crippen molar-refractivity contribution in [1.82, 2.24) is 5.48 Å². The molecule has 0 spiro atoms. The highest BCUT2D eigenvalue weighted by Gasteiger charge is 2.28. The van der Waals surface area contributed by atoms with Gasteiger partial charge in [0.1, 0.15) is 9.84 Å². The number of rotatable bonds is 4. The highest BCUT2D eigenvalue weighted by atomic mass is 32.2. The molecule has 0 aliphatic heterocycles. The maximum Gasteiger partial charge on any atom is 0.249 e. The zero-order valence-corrected chi connectivity index (χ0v) is 8.81. The summed E-state index contributed by atoms with van der Waals surface area (Å²) in [6, 6.07) is 0. The van der Waals surface area contributed by atoms with Crippen LogP contribution in [0.5, 0.6) is 0 Å². The molecule has 0 saturated heterocycles. The molecule has 0 aromatic heterocycles. The third-order valence-corrected chi connectivity index (χ3v) is 2.76. The molecule has 1 amide bonds. The molecule has 0 aromatic carbocycles. The SMILES string of the molecule is CC(C)(CCS(C)(=O)=O)C(=O)NO. The van der Waals surface area contributed by atoms with Gasteiger partial charge in [-0.3, -0.25) is 10.0 Å². The monoisotopic (exact) mass is 209 g/mol. The Labute approximate surface area is 78.0 Å². The first-order chi connectivity index (χ1) is 5.69. The average molecular weight is 209 g/mol. The molecule has 13 heavy (non-hydrogen) atoms. The Hall–Kier alpha value is -0.620. The predicted molar refractivity (Wildman–Crippen MR) is 48.0 cm³/mol. The van der Waals surface area contributed by atoms with Crippen molar-refractivity contribution in [3.8, 4) is 0 Å². The van der Waals surface area contributed by atoms with E-state index < -0.39 is 21.2 Å². The Balaban J connectivity index is 4.27. The van der Waals surface area contributed by atoms with Crippen LogP contribution in [-0.4, -0.2) is 31.5 Å². The molecule has 0 heterocycles. The van der Waals surface area contributed by atoms with Crippen LogP contribution in [0.15, 0.2) is 0 Å². The molecule has 0 radical (unpaired) electrons. The van der Waals surface area contributed by atoms with Gasteiger partial charge in [0.2, 0.25) is 5.91 Å². The summed E-state index contributed by atoms with van der Waals surface area (Å²) in [4.78, 5) is 11.0. The van der Waals surface area contributed by atoms with Gasteiger partial charge >= 0.3 is 0 Å². The van der Waals surface area contributed by atoms with Crippen LogP contribution in [0.3, 0.4) is 0 Å². The first kappa shape index (κ1) is 12.4. The largest absolute Gasteiger partial charge is 0.289 e. The highest BCUT2D eigenvalue weighted by molar-refractivity contribution is 7.90. The lowest BCUT2D eigenvalue weighted by molar-refractivity contribution is -0.138. The number of carbonyl (C=O) groups excluding carboxylic acids is 1. The van der Waals surface area contributed by atoms with Crippen molar-refractivity contribution < 1.29 is 18.4 Å². The van der Waals surface area contributed by atoms with Crippen LogP contribution >= 0.6 is 0 Å². The van der Waals surface area contributed by atoms with Gasteiger partial charge in [0.25, 0.3) is 0 Å². The Morgan fingerprint density at radius 3 is 2.23 bits per heavy atom. The zero-order valence-electron chi connectivity index (χ0n) is 7.99. The molecular formula is C7H15NO4S. The van der Waals surface area contributed by atoms with Crippen molar-refractivity contribution in [2.45, 2.75) is 20.3 Å². The van der Waals surface area contributed by atoms with E-state index in [0.717, 1.165) is 6.26 Å². The molecule has 0 saturated carbocycles. The minimum Gasteiger partial charge on any atom is -0.289 e. The molecule has 0 rings (SSSR count). The number of sulfone groups is 1. The van der Waals surface area contributed by atoms with Gasteiger partial charge < -0.3 is 0 Å². The normalized spacial score (nSPS) is 12.6. The van der Waals surface area contributed by atoms with E-state index in [0.29, 0.717) is 0 Å². The van der Waals surface area contributed by atoms with Gasteiger partial charge in [-0.05, 0) is 6.42 Å². The topological polar surface area (TPSA) is 83.5 Å². The number of amides is 1. The number of nitrogens with one attached hydrogen (secondary N) is 1. The van der Waals surface area contributed by atoms with Gasteiger partial charge in [-0.25, -0.2) is 13.9 Å². The van der Waals surface area contributed by atoms with Crippen molar-refractivity contribution in [3.63, 3.8) is 0 Å². The molecule has 0 unspecified atom stereocenters. The summed E-state index contributed by atoms with van der Waals surface area (Å²) in [6.07, 6.45) is 1.30. The Kier molecular flexibility index (Phi) is 3.87. The molecule has 0 atom stereocenters. The number of hydrogen-bond donors (Lipinski definition) is 2. The molecule has 0 aliphatic carbocycles. The minimum atomic E-state index is -3.06. The van der Waals surface area contributed by atoms with Crippen molar-refractivity contribution in [2.75, 3.05) is 12.0 Å². The predicted octanol–water partition coefficient (Wildman–Crippen LogP) is -0.0473. The van der Waals surface area contributed by atoms with E-state index in [1.54, 1.807) is 13.8 Å². The summed E-state index contributed by atoms with van der Waals surface area (Å²) in [5.74, 6) is -0.635. The maximum absolute atomic E-state index is 11.0. The number of hydroxylamine groups is 1. The minimum absolute atomic E-state index is 0.0621. The molecule has 0 fully saturated rings. The molecule has 0 aliphatic rings. The lowest BCUT2D eigenvalue weighted by Gasteiger charge is -2.20. The van der Waals surface area contributed by atoms with Gasteiger partial charge in [-0.1, -0.05) is 13.8 Å². The third kappa shape index (κ3) is 4.84. The highest BCUT2D eigenvalue weighted by Crippen LogP contribution is 2.20. The second-order valence-electron chi connectivity index (χ2n) is 3.70. The summed E-state index contributed by atoms with van der Waals surface area (Å²) in [7, 11) is -3.06. The Bertz CT molecular complexity index is 281. The molecule has 6 heteroatoms. The second kappa shape index (κ2) is 4.06. The van der Waals surface area contributed by atoms with E-state index in [-0.39, 0.29) is 12.2 Å². The fourth-order valence-electron chi connectivity index (χ4n) is 0.705. The van der Waals surface area contributed by atoms with E-state index in [1.807, 2.05) is 0 Å². The molecule has 2 N–H and O–H groups in total. The standard InChI is InChI=1S/C7H15NO4S/c1-7(2,6(9)8-10)4-5-13(3,11)12/h10H,4-5H2,1-3H3,(H,8,9). The van der Waals surface area contributed by atoms with E-state index in [2.05, 4.69) is 0 Å². The van der Waals surface area contributed by atoms with Crippen LogP contribution in [0.25, 0.3) is 0 Å². The van der Waals surface area contributed by atoms with E-state index >= 15 is 0 Å². The number of hydrogen-bond acceptors (Lipinski definition) is 4. The second-order valence-corrected chi connectivity index (χ2v) is 5.96. The van der Waals surface area contributed by atoms with E-state index in [9.17, 15) is 13.2 Å². The van der Waals surface area contributed by atoms with Crippen LogP contribution in [-0.2, 0) is 14.6 Å². The lowest BCUT2D eigenvalue weighted by Crippen LogP contribution is -2.36. The van der Waals surface area contributed by atoms with Gasteiger partial charge in [-0.2, -0.15) is 0 Å². The fraction of sp³-hybridized carbons (Fsp3) is 0.857. The van der Waals surface area contributed by atoms with Crippen LogP contribution in [0.4, 0.5) is 0 Å². The molecular weight excluding hydrogens is 194 g/mol. The van der Waals surface area contributed by atoms with Crippen LogP contribution in [0, 0.1) is 5.41 Å². The zero-order chi connectivity index (χ0) is 10.7. The molecule has 5 nitrogen and oxygen atoms in total. The van der Waals surface area contributed by atoms with Crippen LogP contribution in [0.2, 0.25) is 0 Å². The summed E-state index contributed by atoms with van der Waals surface area (Å²) in [6.45, 7) is 3.15. The summed E-state index contributed by atoms with van der Waals surface area (Å²) < 4.78 is 21.6. The van der Waals surface area contributed by atoms with Gasteiger partial charge in [-0.15, -0.1) is 0 Å². The maximum atomic E-state index is 11.0. The van der Waals surface area contributed by atoms with Crippen molar-refractivity contribution in [2.24, 2.45) is 5.41 Å². The first-order valence-electron chi connectivity index (χ1n) is 3.81. The van der Waals surface area contributed by atoms with Gasteiger partial charge in [0.15, 0.2) is 0 Å². The third-order valence-electron chi connectivity index (χ3n) is 1.81. The van der Waals surface area contributed by atoms with Crippen molar-refractivity contribution in [3.05, 3.63) is 0 Å². The Morgan fingerprint density at radius 1 is 1.46 bits per heavy atom. The summed E-state index contributed by atoms with van der Waals surface area (Å²) >= 11 is 0. The summed E-state index contributed by atoms with van der Waals surface area (Å²) in [5, 5.41) is 8.35. The van der Waals surface area contributed by atoms with E-state index in [1.165, 1.54) is 5.48 Å². The fourth-order valence-corrected chi connectivity index (χ4v) is 1.59.